The summed E-state index contributed by atoms with van der Waals surface area (Å²) < 4.78 is 36.9. The Kier molecular flexibility index (Phi) is 3.12. The van der Waals surface area contributed by atoms with E-state index in [0.717, 1.165) is 12.1 Å². The first-order valence-corrected chi connectivity index (χ1v) is 4.45. The second-order valence-corrected chi connectivity index (χ2v) is 3.48. The number of halogens is 4. The molecule has 6 heteroatoms. The van der Waals surface area contributed by atoms with Crippen LogP contribution in [0.5, 0.6) is 0 Å². The molecule has 0 aliphatic carbocycles. The summed E-state index contributed by atoms with van der Waals surface area (Å²) in [5.41, 5.74) is 4.75. The summed E-state index contributed by atoms with van der Waals surface area (Å²) in [5, 5.41) is 0. The van der Waals surface area contributed by atoms with Crippen LogP contribution in [0.3, 0.4) is 0 Å². The van der Waals surface area contributed by atoms with Gasteiger partial charge >= 0.3 is 6.18 Å². The molecule has 1 rings (SSSR count). The van der Waals surface area contributed by atoms with Crippen molar-refractivity contribution < 1.29 is 13.2 Å². The number of aromatic nitrogens is 1. The molecule has 0 aliphatic rings. The van der Waals surface area contributed by atoms with Crippen LogP contribution in [-0.2, 0) is 12.7 Å². The van der Waals surface area contributed by atoms with Gasteiger partial charge in [-0.2, -0.15) is 13.2 Å². The van der Waals surface area contributed by atoms with E-state index in [0.29, 0.717) is 3.70 Å². The number of hydrogen-bond donors (Lipinski definition) is 1. The van der Waals surface area contributed by atoms with Crippen molar-refractivity contribution >= 4 is 22.6 Å². The highest BCUT2D eigenvalue weighted by molar-refractivity contribution is 14.1. The molecule has 0 saturated carbocycles. The predicted molar refractivity (Wildman–Crippen MR) is 49.8 cm³/mol. The average molecular weight is 302 g/mol. The van der Waals surface area contributed by atoms with Gasteiger partial charge < -0.3 is 5.73 Å². The van der Waals surface area contributed by atoms with Crippen molar-refractivity contribution in [2.45, 2.75) is 12.7 Å². The molecular weight excluding hydrogens is 296 g/mol. The average Bonchev–Trinajstić information content (AvgIpc) is 2.01. The molecule has 1 aromatic heterocycles. The van der Waals surface area contributed by atoms with Gasteiger partial charge in [0.15, 0.2) is 0 Å². The maximum atomic E-state index is 12.2. The number of pyridine rings is 1. The Bertz CT molecular complexity index is 311. The van der Waals surface area contributed by atoms with Crippen LogP contribution in [-0.4, -0.2) is 4.98 Å². The summed E-state index contributed by atoms with van der Waals surface area (Å²) in [7, 11) is 0. The molecule has 13 heavy (non-hydrogen) atoms. The second-order valence-electron chi connectivity index (χ2n) is 2.37. The zero-order valence-corrected chi connectivity index (χ0v) is 8.56. The number of nitrogens with two attached hydrogens (primary N) is 1. The van der Waals surface area contributed by atoms with Gasteiger partial charge in [-0.3, -0.25) is 0 Å². The fraction of sp³-hybridized carbons (Fsp3) is 0.286. The molecule has 0 aromatic carbocycles. The van der Waals surface area contributed by atoms with Gasteiger partial charge in [0.2, 0.25) is 0 Å². The Balaban J connectivity index is 3.16. The highest BCUT2D eigenvalue weighted by Crippen LogP contribution is 2.30. The van der Waals surface area contributed by atoms with Gasteiger partial charge in [-0.15, -0.1) is 0 Å². The summed E-state index contributed by atoms with van der Waals surface area (Å²) in [5.74, 6) is 0. The Morgan fingerprint density at radius 3 is 2.46 bits per heavy atom. The third kappa shape index (κ3) is 2.80. The minimum atomic E-state index is -4.33. The molecule has 0 aliphatic heterocycles. The van der Waals surface area contributed by atoms with E-state index in [1.807, 2.05) is 0 Å². The summed E-state index contributed by atoms with van der Waals surface area (Å²) in [4.78, 5) is 3.83. The zero-order valence-electron chi connectivity index (χ0n) is 6.40. The molecule has 0 amide bonds. The molecule has 1 aromatic rings. The monoisotopic (exact) mass is 302 g/mol. The van der Waals surface area contributed by atoms with Crippen molar-refractivity contribution in [1.82, 2.24) is 4.98 Å². The Morgan fingerprint density at radius 1 is 1.38 bits per heavy atom. The smallest absolute Gasteiger partial charge is 0.325 e. The molecule has 72 valence electrons. The number of nitrogens with zero attached hydrogens (tertiary/aromatic N) is 1. The molecule has 1 heterocycles. The minimum Gasteiger partial charge on any atom is -0.325 e. The molecular formula is C7H6F3IN2. The normalized spacial score (nSPS) is 11.8. The van der Waals surface area contributed by atoms with E-state index in [2.05, 4.69) is 4.98 Å². The first-order chi connectivity index (χ1) is 5.93. The number of hydrogen-bond acceptors (Lipinski definition) is 2. The summed E-state index contributed by atoms with van der Waals surface area (Å²) in [6.07, 6.45) is -4.33. The molecule has 0 radical (unpaired) electrons. The van der Waals surface area contributed by atoms with Crippen LogP contribution in [0.1, 0.15) is 11.3 Å². The maximum Gasteiger partial charge on any atom is 0.416 e. The Morgan fingerprint density at radius 2 is 2.00 bits per heavy atom. The Labute approximate surface area is 86.5 Å². The molecule has 0 bridgehead atoms. The first kappa shape index (κ1) is 10.7. The minimum absolute atomic E-state index is 0.0138. The van der Waals surface area contributed by atoms with Crippen molar-refractivity contribution in [2.24, 2.45) is 5.73 Å². The fourth-order valence-corrected chi connectivity index (χ4v) is 1.46. The molecule has 0 spiro atoms. The standard InChI is InChI=1S/C7H6F3IN2/c8-7(9,10)4-1-5(3-12)13-6(11)2-4/h1-2H,3,12H2. The summed E-state index contributed by atoms with van der Waals surface area (Å²) >= 11 is 1.73. The molecule has 2 N–H and O–H groups in total. The lowest BCUT2D eigenvalue weighted by atomic mass is 10.2. The van der Waals surface area contributed by atoms with Gasteiger partial charge in [0.25, 0.3) is 0 Å². The van der Waals surface area contributed by atoms with Crippen molar-refractivity contribution in [3.8, 4) is 0 Å². The van der Waals surface area contributed by atoms with Gasteiger partial charge in [-0.1, -0.05) is 0 Å². The van der Waals surface area contributed by atoms with Crippen molar-refractivity contribution in [3.63, 3.8) is 0 Å². The largest absolute Gasteiger partial charge is 0.416 e. The van der Waals surface area contributed by atoms with Gasteiger partial charge in [-0.05, 0) is 34.7 Å². The maximum absolute atomic E-state index is 12.2. The second kappa shape index (κ2) is 3.79. The van der Waals surface area contributed by atoms with Crippen molar-refractivity contribution in [2.75, 3.05) is 0 Å². The van der Waals surface area contributed by atoms with Crippen LogP contribution in [0, 0.1) is 3.70 Å². The van der Waals surface area contributed by atoms with Crippen LogP contribution in [0.2, 0.25) is 0 Å². The lowest BCUT2D eigenvalue weighted by Gasteiger charge is -2.07. The van der Waals surface area contributed by atoms with Gasteiger partial charge in [0, 0.05) is 6.54 Å². The summed E-state index contributed by atoms with van der Waals surface area (Å²) in [6.45, 7) is 0.0138. The third-order valence-electron chi connectivity index (χ3n) is 1.38. The van der Waals surface area contributed by atoms with Crippen LogP contribution >= 0.6 is 22.6 Å². The van der Waals surface area contributed by atoms with E-state index in [1.54, 1.807) is 22.6 Å². The topological polar surface area (TPSA) is 38.9 Å². The molecule has 0 fully saturated rings. The SMILES string of the molecule is NCc1cc(C(F)(F)F)cc(I)n1. The molecule has 0 unspecified atom stereocenters. The quantitative estimate of drug-likeness (QED) is 0.638. The fourth-order valence-electron chi connectivity index (χ4n) is 0.819. The van der Waals surface area contributed by atoms with E-state index >= 15 is 0 Å². The molecule has 0 atom stereocenters. The predicted octanol–water partition coefficient (Wildman–Crippen LogP) is 2.16. The number of alkyl halides is 3. The van der Waals surface area contributed by atoms with Crippen LogP contribution in [0.25, 0.3) is 0 Å². The first-order valence-electron chi connectivity index (χ1n) is 3.37. The van der Waals surface area contributed by atoms with Gasteiger partial charge in [-0.25, -0.2) is 4.98 Å². The van der Waals surface area contributed by atoms with E-state index < -0.39 is 11.7 Å². The zero-order chi connectivity index (χ0) is 10.1. The number of rotatable bonds is 1. The van der Waals surface area contributed by atoms with Gasteiger partial charge in [0.1, 0.15) is 3.70 Å². The van der Waals surface area contributed by atoms with Crippen molar-refractivity contribution in [3.05, 3.63) is 27.1 Å². The highest BCUT2D eigenvalue weighted by atomic mass is 127. The van der Waals surface area contributed by atoms with Crippen LogP contribution in [0.15, 0.2) is 12.1 Å². The Hall–Kier alpha value is -0.370. The van der Waals surface area contributed by atoms with E-state index in [9.17, 15) is 13.2 Å². The van der Waals surface area contributed by atoms with E-state index in [4.69, 9.17) is 5.73 Å². The summed E-state index contributed by atoms with van der Waals surface area (Å²) in [6, 6.07) is 1.95. The van der Waals surface area contributed by atoms with Crippen molar-refractivity contribution in [1.29, 1.82) is 0 Å². The molecule has 0 saturated heterocycles. The highest BCUT2D eigenvalue weighted by Gasteiger charge is 2.31. The van der Waals surface area contributed by atoms with Crippen LogP contribution < -0.4 is 5.73 Å². The van der Waals surface area contributed by atoms with E-state index in [1.165, 1.54) is 0 Å². The molecule has 2 nitrogen and oxygen atoms in total. The lowest BCUT2D eigenvalue weighted by Crippen LogP contribution is -2.09. The lowest BCUT2D eigenvalue weighted by molar-refractivity contribution is -0.137. The van der Waals surface area contributed by atoms with E-state index in [-0.39, 0.29) is 12.2 Å². The van der Waals surface area contributed by atoms with Crippen LogP contribution in [0.4, 0.5) is 13.2 Å². The van der Waals surface area contributed by atoms with Gasteiger partial charge in [0.05, 0.1) is 11.3 Å². The third-order valence-corrected chi connectivity index (χ3v) is 1.94.